The Morgan fingerprint density at radius 2 is 2.21 bits per heavy atom. The lowest BCUT2D eigenvalue weighted by atomic mass is 10.1. The van der Waals surface area contributed by atoms with Crippen LogP contribution in [0.15, 0.2) is 24.3 Å². The first-order valence-electron chi connectivity index (χ1n) is 6.99. The van der Waals surface area contributed by atoms with Gasteiger partial charge in [-0.1, -0.05) is 12.1 Å². The Labute approximate surface area is 113 Å². The van der Waals surface area contributed by atoms with Crippen molar-refractivity contribution in [3.63, 3.8) is 0 Å². The smallest absolute Gasteiger partial charge is 0.113 e. The summed E-state index contributed by atoms with van der Waals surface area (Å²) in [5.41, 5.74) is 8.33. The van der Waals surface area contributed by atoms with E-state index in [1.807, 2.05) is 6.07 Å². The summed E-state index contributed by atoms with van der Waals surface area (Å²) in [4.78, 5) is 4.83. The molecule has 4 heteroatoms. The number of para-hydroxylation sites is 2. The average molecular weight is 259 g/mol. The lowest BCUT2D eigenvalue weighted by Gasteiger charge is -2.13. The summed E-state index contributed by atoms with van der Waals surface area (Å²) in [5, 5.41) is 0. The molecule has 0 saturated heterocycles. The van der Waals surface area contributed by atoms with Crippen molar-refractivity contribution in [2.45, 2.75) is 37.8 Å². The molecule has 0 bridgehead atoms. The van der Waals surface area contributed by atoms with Gasteiger partial charge in [-0.15, -0.1) is 0 Å². The number of hydrogen-bond acceptors (Lipinski definition) is 3. The third-order valence-electron chi connectivity index (χ3n) is 4.04. The van der Waals surface area contributed by atoms with Gasteiger partial charge in [-0.2, -0.15) is 0 Å². The Morgan fingerprint density at radius 3 is 2.95 bits per heavy atom. The van der Waals surface area contributed by atoms with Gasteiger partial charge in [-0.25, -0.2) is 4.98 Å². The van der Waals surface area contributed by atoms with E-state index in [1.54, 1.807) is 7.11 Å². The molecule has 0 radical (unpaired) electrons. The molecule has 3 rings (SSSR count). The van der Waals surface area contributed by atoms with Gasteiger partial charge in [0.05, 0.1) is 17.6 Å². The maximum absolute atomic E-state index is 6.05. The van der Waals surface area contributed by atoms with E-state index in [1.165, 1.54) is 11.3 Å². The molecule has 2 aromatic rings. The summed E-state index contributed by atoms with van der Waals surface area (Å²) in [6.07, 6.45) is 3.31. The van der Waals surface area contributed by atoms with Gasteiger partial charge in [0.1, 0.15) is 5.82 Å². The molecule has 2 unspecified atom stereocenters. The van der Waals surface area contributed by atoms with Crippen molar-refractivity contribution in [3.05, 3.63) is 30.1 Å². The molecule has 2 atom stereocenters. The highest BCUT2D eigenvalue weighted by molar-refractivity contribution is 5.76. The first-order valence-corrected chi connectivity index (χ1v) is 6.99. The van der Waals surface area contributed by atoms with Gasteiger partial charge in [0.2, 0.25) is 0 Å². The zero-order chi connectivity index (χ0) is 13.2. The number of aromatic nitrogens is 2. The summed E-state index contributed by atoms with van der Waals surface area (Å²) in [5.74, 6) is 1.69. The maximum atomic E-state index is 6.05. The van der Waals surface area contributed by atoms with E-state index in [4.69, 9.17) is 15.5 Å². The predicted octanol–water partition coefficient (Wildman–Crippen LogP) is 2.28. The standard InChI is InChI=1S/C15H21N3O/c1-19-9-8-18-14-5-3-2-4-13(14)17-15(18)11-6-7-12(16)10-11/h2-5,11-12H,6-10,16H2,1H3. The minimum Gasteiger partial charge on any atom is -0.383 e. The van der Waals surface area contributed by atoms with Gasteiger partial charge in [0.25, 0.3) is 0 Å². The van der Waals surface area contributed by atoms with Crippen LogP contribution in [0.4, 0.5) is 0 Å². The number of nitrogens with two attached hydrogens (primary N) is 1. The van der Waals surface area contributed by atoms with Crippen LogP contribution < -0.4 is 5.73 Å². The Kier molecular flexibility index (Phi) is 3.53. The molecule has 0 amide bonds. The third-order valence-corrected chi connectivity index (χ3v) is 4.04. The van der Waals surface area contributed by atoms with Crippen LogP contribution in [0.1, 0.15) is 31.0 Å². The van der Waals surface area contributed by atoms with Crippen molar-refractivity contribution < 1.29 is 4.74 Å². The van der Waals surface area contributed by atoms with E-state index in [2.05, 4.69) is 22.8 Å². The summed E-state index contributed by atoms with van der Waals surface area (Å²) in [6, 6.07) is 8.66. The fraction of sp³-hybridized carbons (Fsp3) is 0.533. The Balaban J connectivity index is 2.01. The number of ether oxygens (including phenoxy) is 1. The molecule has 1 aliphatic carbocycles. The van der Waals surface area contributed by atoms with Crippen molar-refractivity contribution in [1.29, 1.82) is 0 Å². The van der Waals surface area contributed by atoms with E-state index in [0.29, 0.717) is 18.6 Å². The second kappa shape index (κ2) is 5.31. The summed E-state index contributed by atoms with van der Waals surface area (Å²) in [7, 11) is 1.74. The van der Waals surface area contributed by atoms with Crippen LogP contribution >= 0.6 is 0 Å². The fourth-order valence-electron chi connectivity index (χ4n) is 3.07. The molecule has 1 aliphatic rings. The second-order valence-corrected chi connectivity index (χ2v) is 5.37. The van der Waals surface area contributed by atoms with Gasteiger partial charge in [-0.05, 0) is 31.4 Å². The van der Waals surface area contributed by atoms with Crippen molar-refractivity contribution >= 4 is 11.0 Å². The van der Waals surface area contributed by atoms with Crippen LogP contribution in [0.3, 0.4) is 0 Å². The number of methoxy groups -OCH3 is 1. The summed E-state index contributed by atoms with van der Waals surface area (Å²) < 4.78 is 7.54. The molecule has 0 spiro atoms. The number of benzene rings is 1. The monoisotopic (exact) mass is 259 g/mol. The molecule has 1 heterocycles. The lowest BCUT2D eigenvalue weighted by molar-refractivity contribution is 0.187. The lowest BCUT2D eigenvalue weighted by Crippen LogP contribution is -2.16. The summed E-state index contributed by atoms with van der Waals surface area (Å²) >= 11 is 0. The SMILES string of the molecule is COCCn1c(C2CCC(N)C2)nc2ccccc21. The molecule has 2 N–H and O–H groups in total. The highest BCUT2D eigenvalue weighted by Gasteiger charge is 2.27. The number of imidazole rings is 1. The van der Waals surface area contributed by atoms with Crippen LogP contribution in [0.2, 0.25) is 0 Å². The van der Waals surface area contributed by atoms with Gasteiger partial charge >= 0.3 is 0 Å². The molecule has 1 aromatic carbocycles. The Bertz CT molecular complexity index is 564. The first-order chi connectivity index (χ1) is 9.29. The summed E-state index contributed by atoms with van der Waals surface area (Å²) in [6.45, 7) is 1.57. The minimum absolute atomic E-state index is 0.334. The van der Waals surface area contributed by atoms with Crippen LogP contribution in [0.25, 0.3) is 11.0 Å². The van der Waals surface area contributed by atoms with Crippen molar-refractivity contribution in [2.24, 2.45) is 5.73 Å². The van der Waals surface area contributed by atoms with Crippen LogP contribution in [0, 0.1) is 0 Å². The predicted molar refractivity (Wildman–Crippen MR) is 76.2 cm³/mol. The fourth-order valence-corrected chi connectivity index (χ4v) is 3.07. The van der Waals surface area contributed by atoms with Crippen molar-refractivity contribution in [2.75, 3.05) is 13.7 Å². The molecule has 4 nitrogen and oxygen atoms in total. The normalized spacial score (nSPS) is 23.3. The van der Waals surface area contributed by atoms with Crippen LogP contribution in [-0.2, 0) is 11.3 Å². The van der Waals surface area contributed by atoms with Crippen molar-refractivity contribution in [3.8, 4) is 0 Å². The van der Waals surface area contributed by atoms with E-state index in [-0.39, 0.29) is 0 Å². The number of nitrogens with zero attached hydrogens (tertiary/aromatic N) is 2. The molecule has 1 aromatic heterocycles. The van der Waals surface area contributed by atoms with Gasteiger partial charge in [-0.3, -0.25) is 0 Å². The largest absolute Gasteiger partial charge is 0.383 e. The topological polar surface area (TPSA) is 53.1 Å². The van der Waals surface area contributed by atoms with E-state index in [0.717, 1.165) is 31.3 Å². The molecule has 19 heavy (non-hydrogen) atoms. The van der Waals surface area contributed by atoms with E-state index in [9.17, 15) is 0 Å². The maximum Gasteiger partial charge on any atom is 0.113 e. The van der Waals surface area contributed by atoms with Gasteiger partial charge < -0.3 is 15.0 Å². The molecule has 1 fully saturated rings. The number of fused-ring (bicyclic) bond motifs is 1. The van der Waals surface area contributed by atoms with Crippen LogP contribution in [0.5, 0.6) is 0 Å². The highest BCUT2D eigenvalue weighted by atomic mass is 16.5. The second-order valence-electron chi connectivity index (χ2n) is 5.37. The van der Waals surface area contributed by atoms with E-state index < -0.39 is 0 Å². The zero-order valence-corrected chi connectivity index (χ0v) is 11.4. The molecular formula is C15H21N3O. The van der Waals surface area contributed by atoms with Gasteiger partial charge in [0, 0.05) is 25.6 Å². The van der Waals surface area contributed by atoms with Crippen molar-refractivity contribution in [1.82, 2.24) is 9.55 Å². The highest BCUT2D eigenvalue weighted by Crippen LogP contribution is 2.34. The third kappa shape index (κ3) is 2.38. The van der Waals surface area contributed by atoms with Gasteiger partial charge in [0.15, 0.2) is 0 Å². The average Bonchev–Trinajstić information content (AvgIpc) is 3.00. The molecule has 0 aliphatic heterocycles. The number of hydrogen-bond donors (Lipinski definition) is 1. The molecule has 102 valence electrons. The first kappa shape index (κ1) is 12.6. The minimum atomic E-state index is 0.334. The Hall–Kier alpha value is -1.39. The molecular weight excluding hydrogens is 238 g/mol. The van der Waals surface area contributed by atoms with Crippen LogP contribution in [-0.4, -0.2) is 29.3 Å². The Morgan fingerprint density at radius 1 is 1.37 bits per heavy atom. The number of rotatable bonds is 4. The molecule has 1 saturated carbocycles. The zero-order valence-electron chi connectivity index (χ0n) is 11.4. The quantitative estimate of drug-likeness (QED) is 0.916. The van der Waals surface area contributed by atoms with E-state index >= 15 is 0 Å².